The van der Waals surface area contributed by atoms with Crippen LogP contribution in [0.3, 0.4) is 0 Å². The third-order valence-corrected chi connectivity index (χ3v) is 17.1. The molecule has 0 unspecified atom stereocenters. The van der Waals surface area contributed by atoms with Crippen LogP contribution in [0, 0.1) is 0 Å². The molecule has 4 aliphatic rings. The molecular weight excluding hydrogens is 860 g/mol. The average Bonchev–Trinajstić information content (AvgIpc) is 3.77. The number of benzene rings is 9. The summed E-state index contributed by atoms with van der Waals surface area (Å²) in [4.78, 5) is 5.31. The third kappa shape index (κ3) is 5.79. The van der Waals surface area contributed by atoms with E-state index in [2.05, 4.69) is 252 Å². The quantitative estimate of drug-likeness (QED) is 0.164. The fourth-order valence-corrected chi connectivity index (χ4v) is 13.5. The van der Waals surface area contributed by atoms with E-state index in [0.717, 1.165) is 40.8 Å². The molecule has 71 heavy (non-hydrogen) atoms. The van der Waals surface area contributed by atoms with Crippen molar-refractivity contribution in [3.63, 3.8) is 0 Å². The lowest BCUT2D eigenvalue weighted by molar-refractivity contribution is 0.332. The van der Waals surface area contributed by atoms with Gasteiger partial charge in [-0.25, -0.2) is 0 Å². The zero-order valence-corrected chi connectivity index (χ0v) is 41.8. The van der Waals surface area contributed by atoms with Gasteiger partial charge in [-0.2, -0.15) is 0 Å². The zero-order chi connectivity index (χ0) is 48.2. The highest BCUT2D eigenvalue weighted by Gasteiger charge is 2.56. The Bertz CT molecular complexity index is 3780. The maximum absolute atomic E-state index is 7.82. The van der Waals surface area contributed by atoms with Gasteiger partial charge in [0.15, 0.2) is 0 Å². The molecule has 1 aliphatic carbocycles. The smallest absolute Gasteiger partial charge is 0.375 e. The van der Waals surface area contributed by atoms with Crippen LogP contribution in [-0.2, 0) is 21.7 Å². The number of anilines is 5. The van der Waals surface area contributed by atoms with Gasteiger partial charge in [-0.15, -0.1) is 0 Å². The van der Waals surface area contributed by atoms with Crippen LogP contribution in [0.25, 0.3) is 44.0 Å². The van der Waals surface area contributed by atoms with Crippen LogP contribution in [0.15, 0.2) is 199 Å². The van der Waals surface area contributed by atoms with Crippen molar-refractivity contribution in [2.45, 2.75) is 83.0 Å². The van der Waals surface area contributed by atoms with Crippen molar-refractivity contribution in [3.05, 3.63) is 233 Å². The second-order valence-corrected chi connectivity index (χ2v) is 23.0. The Hall–Kier alpha value is -7.56. The van der Waals surface area contributed by atoms with Gasteiger partial charge in [0, 0.05) is 33.6 Å². The minimum Gasteiger partial charge on any atom is -0.466 e. The molecule has 0 bridgehead atoms. The van der Waals surface area contributed by atoms with Crippen LogP contribution in [0.5, 0.6) is 0 Å². The van der Waals surface area contributed by atoms with E-state index >= 15 is 0 Å². The van der Waals surface area contributed by atoms with Gasteiger partial charge in [0.2, 0.25) is 0 Å². The Morgan fingerprint density at radius 3 is 1.82 bits per heavy atom. The van der Waals surface area contributed by atoms with E-state index < -0.39 is 5.41 Å². The van der Waals surface area contributed by atoms with Gasteiger partial charge in [-0.05, 0) is 132 Å². The summed E-state index contributed by atoms with van der Waals surface area (Å²) in [6.45, 7) is 16.4. The topological polar surface area (TPSA) is 19.6 Å². The highest BCUT2D eigenvalue weighted by molar-refractivity contribution is 6.93. The van der Waals surface area contributed by atoms with E-state index in [4.69, 9.17) is 4.42 Å². The number of para-hydroxylation sites is 2. The molecule has 0 radical (unpaired) electrons. The summed E-state index contributed by atoms with van der Waals surface area (Å²) in [7, 11) is 0. The molecule has 3 nitrogen and oxygen atoms in total. The molecule has 0 N–H and O–H groups in total. The third-order valence-electron chi connectivity index (χ3n) is 17.1. The average molecular weight is 917 g/mol. The first kappa shape index (κ1) is 42.3. The number of nitrogens with zero attached hydrogens (tertiary/aromatic N) is 2. The van der Waals surface area contributed by atoms with Crippen molar-refractivity contribution in [1.29, 1.82) is 0 Å². The lowest BCUT2D eigenvalue weighted by atomic mass is 9.44. The summed E-state index contributed by atoms with van der Waals surface area (Å²) in [5, 5.41) is 3.63. The van der Waals surface area contributed by atoms with Crippen LogP contribution in [0.2, 0.25) is 0 Å². The summed E-state index contributed by atoms with van der Waals surface area (Å²) in [6.07, 6.45) is 2.26. The van der Waals surface area contributed by atoms with Gasteiger partial charge < -0.3 is 14.1 Å². The first-order chi connectivity index (χ1) is 34.4. The van der Waals surface area contributed by atoms with Gasteiger partial charge in [0.25, 0.3) is 0 Å². The molecule has 0 fully saturated rings. The van der Waals surface area contributed by atoms with Crippen LogP contribution in [0.4, 0.5) is 28.4 Å². The molecule has 4 heterocycles. The molecule has 14 rings (SSSR count). The fourth-order valence-electron chi connectivity index (χ4n) is 13.5. The summed E-state index contributed by atoms with van der Waals surface area (Å²) < 4.78 is 7.82. The highest BCUT2D eigenvalue weighted by atomic mass is 16.3. The number of fused-ring (bicyclic) bond motifs is 11. The van der Waals surface area contributed by atoms with E-state index in [1.54, 1.807) is 0 Å². The van der Waals surface area contributed by atoms with E-state index in [1.165, 1.54) is 94.5 Å². The molecule has 1 aromatic heterocycles. The minimum absolute atomic E-state index is 0.00374. The SMILES string of the molecule is CC(C)(C)c1ccc(N2c3cc4ccccc4c4c3B(c3oc5cc6c(cc5c32)C(C)(C)CCC6(C)C)N2c3ccccc3C(c3ccccc3)(c3ccccc3)c3cccc-4c32)c(-c2ccccc2)c1. The summed E-state index contributed by atoms with van der Waals surface area (Å²) in [5.41, 5.74) is 22.5. The van der Waals surface area contributed by atoms with Gasteiger partial charge in [-0.1, -0.05) is 206 Å². The largest absolute Gasteiger partial charge is 0.466 e. The monoisotopic (exact) mass is 916 g/mol. The molecule has 3 aliphatic heterocycles. The van der Waals surface area contributed by atoms with Crippen LogP contribution in [0.1, 0.15) is 100 Å². The van der Waals surface area contributed by atoms with Crippen molar-refractivity contribution in [3.8, 4) is 22.3 Å². The molecule has 4 heteroatoms. The van der Waals surface area contributed by atoms with Crippen molar-refractivity contribution < 1.29 is 4.42 Å². The first-order valence-electron chi connectivity index (χ1n) is 25.7. The Labute approximate surface area is 418 Å². The number of rotatable bonds is 4. The molecule has 10 aromatic rings. The molecule has 0 saturated heterocycles. The lowest BCUT2D eigenvalue weighted by Crippen LogP contribution is -2.63. The Kier molecular flexibility index (Phi) is 8.79. The van der Waals surface area contributed by atoms with E-state index in [1.807, 2.05) is 0 Å². The first-order valence-corrected chi connectivity index (χ1v) is 25.7. The van der Waals surface area contributed by atoms with E-state index in [0.29, 0.717) is 0 Å². The second-order valence-electron chi connectivity index (χ2n) is 23.0. The van der Waals surface area contributed by atoms with E-state index in [-0.39, 0.29) is 23.1 Å². The number of furan rings is 1. The molecule has 9 aromatic carbocycles. The predicted octanol–water partition coefficient (Wildman–Crippen LogP) is 16.3. The zero-order valence-electron chi connectivity index (χ0n) is 41.8. The van der Waals surface area contributed by atoms with Crippen LogP contribution in [-0.4, -0.2) is 6.85 Å². The molecule has 0 saturated carbocycles. The van der Waals surface area contributed by atoms with Gasteiger partial charge >= 0.3 is 6.85 Å². The van der Waals surface area contributed by atoms with Crippen molar-refractivity contribution >= 4 is 68.1 Å². The summed E-state index contributed by atoms with van der Waals surface area (Å²) in [6, 6.07) is 73.6. The van der Waals surface area contributed by atoms with Crippen molar-refractivity contribution in [1.82, 2.24) is 0 Å². The maximum Gasteiger partial charge on any atom is 0.375 e. The summed E-state index contributed by atoms with van der Waals surface area (Å²) >= 11 is 0. The number of hydrogen-bond donors (Lipinski definition) is 0. The summed E-state index contributed by atoms with van der Waals surface area (Å²) in [5.74, 6) is 0. The normalized spacial score (nSPS) is 16.5. The van der Waals surface area contributed by atoms with Crippen LogP contribution < -0.4 is 20.8 Å². The Morgan fingerprint density at radius 1 is 0.493 bits per heavy atom. The van der Waals surface area contributed by atoms with Gasteiger partial charge in [0.05, 0.1) is 16.8 Å². The minimum atomic E-state index is -0.612. The van der Waals surface area contributed by atoms with Crippen molar-refractivity contribution in [2.24, 2.45) is 0 Å². The maximum atomic E-state index is 7.82. The number of hydrogen-bond acceptors (Lipinski definition) is 3. The lowest BCUT2D eigenvalue weighted by Gasteiger charge is -2.52. The fraction of sp³-hybridized carbons (Fsp3) is 0.194. The second kappa shape index (κ2) is 14.7. The Morgan fingerprint density at radius 2 is 1.11 bits per heavy atom. The predicted molar refractivity (Wildman–Crippen MR) is 299 cm³/mol. The molecular formula is C67H57BN2O. The van der Waals surface area contributed by atoms with Crippen molar-refractivity contribution in [2.75, 3.05) is 9.71 Å². The highest BCUT2D eigenvalue weighted by Crippen LogP contribution is 2.62. The standard InChI is InChI=1S/C67H57BN2O/c1-64(2,3)46-34-35-55(49(39-46)42-22-11-8-12-23-42)69-57-38-43-24-17-18-29-47(43)59-48-30-21-32-52-61(48)70(56-33-20-19-31-51(56)67(52,44-25-13-9-14-26-44)45-27-15-10-16-28-45)68(60(57)59)63-62(69)50-40-53-54(41-58(50)71-63)66(6,7)37-36-65(53,4)5/h8-35,38-41H,36-37H2,1-7H3. The molecule has 0 spiro atoms. The Balaban J connectivity index is 1.18. The molecule has 344 valence electrons. The molecule has 0 amide bonds. The van der Waals surface area contributed by atoms with Gasteiger partial charge in [0.1, 0.15) is 11.2 Å². The van der Waals surface area contributed by atoms with E-state index in [9.17, 15) is 0 Å². The molecule has 0 atom stereocenters. The van der Waals surface area contributed by atoms with Crippen LogP contribution >= 0.6 is 0 Å². The van der Waals surface area contributed by atoms with Gasteiger partial charge in [-0.3, -0.25) is 0 Å².